The second kappa shape index (κ2) is 9.82. The first kappa shape index (κ1) is 27.0. The van der Waals surface area contributed by atoms with Gasteiger partial charge >= 0.3 is 29.6 Å². The van der Waals surface area contributed by atoms with E-state index in [-0.39, 0.29) is 62.5 Å². The second-order valence-electron chi connectivity index (χ2n) is 7.44. The molecule has 0 amide bonds. The standard InChI is InChI=1S/C22H18N2O8S2.Na/c23-20-17(34(30,31)32)11-16(24-12-4-3-5-13(10-12)33(28,29)9-8-25)18-19(20)22(27)15-7-2-1-6-14(15)21(18)26;/h1-7,10-11,24-25H,8-9,23H2,(H,30,31,32);/q;+1/p-1. The summed E-state index contributed by atoms with van der Waals surface area (Å²) in [5.74, 6) is -1.87. The Hall–Kier alpha value is -2.58. The molecular formula is C22H17N2NaO8S2. The van der Waals surface area contributed by atoms with Crippen LogP contribution in [0.1, 0.15) is 31.8 Å². The van der Waals surface area contributed by atoms with Gasteiger partial charge < -0.3 is 20.7 Å². The maximum absolute atomic E-state index is 13.3. The number of aliphatic hydroxyl groups is 1. The zero-order chi connectivity index (χ0) is 24.8. The molecule has 1 aliphatic rings. The molecule has 35 heavy (non-hydrogen) atoms. The normalized spacial score (nSPS) is 13.0. The largest absolute Gasteiger partial charge is 1.00 e. The van der Waals surface area contributed by atoms with Gasteiger partial charge in [-0.1, -0.05) is 30.3 Å². The number of hydrogen-bond acceptors (Lipinski definition) is 10. The van der Waals surface area contributed by atoms with Crippen LogP contribution in [0.2, 0.25) is 0 Å². The maximum Gasteiger partial charge on any atom is 1.00 e. The van der Waals surface area contributed by atoms with Crippen molar-refractivity contribution >= 4 is 48.6 Å². The Morgan fingerprint density at radius 2 is 1.49 bits per heavy atom. The third-order valence-electron chi connectivity index (χ3n) is 5.30. The van der Waals surface area contributed by atoms with Crippen LogP contribution >= 0.6 is 0 Å². The van der Waals surface area contributed by atoms with Crippen molar-refractivity contribution in [2.45, 2.75) is 9.79 Å². The molecule has 0 aliphatic heterocycles. The Balaban J connectivity index is 0.00000342. The molecule has 176 valence electrons. The molecule has 0 spiro atoms. The molecule has 0 unspecified atom stereocenters. The van der Waals surface area contributed by atoms with Gasteiger partial charge in [0, 0.05) is 16.8 Å². The van der Waals surface area contributed by atoms with Crippen molar-refractivity contribution < 1.29 is 65.6 Å². The molecule has 3 aromatic rings. The van der Waals surface area contributed by atoms with E-state index in [1.54, 1.807) is 6.07 Å². The van der Waals surface area contributed by atoms with Gasteiger partial charge in [-0.15, -0.1) is 0 Å². The van der Waals surface area contributed by atoms with E-state index in [0.29, 0.717) is 0 Å². The molecule has 13 heteroatoms. The topological polar surface area (TPSA) is 184 Å². The summed E-state index contributed by atoms with van der Waals surface area (Å²) < 4.78 is 60.2. The van der Waals surface area contributed by atoms with Crippen LogP contribution < -0.4 is 40.6 Å². The van der Waals surface area contributed by atoms with Crippen LogP contribution in [-0.2, 0) is 20.0 Å². The van der Waals surface area contributed by atoms with E-state index in [2.05, 4.69) is 5.32 Å². The molecule has 3 aromatic carbocycles. The van der Waals surface area contributed by atoms with E-state index in [0.717, 1.165) is 6.07 Å². The van der Waals surface area contributed by atoms with Crippen LogP contribution in [0.25, 0.3) is 0 Å². The average molecular weight is 525 g/mol. The SMILES string of the molecule is Nc1c(S(=O)(=O)[O-])cc(Nc2cccc(S(=O)(=O)CCO)c2)c2c1C(=O)c1ccccc1C2=O.[Na+]. The Morgan fingerprint density at radius 3 is 2.06 bits per heavy atom. The number of carbonyl (C=O) groups is 2. The fourth-order valence-electron chi connectivity index (χ4n) is 3.76. The zero-order valence-corrected chi connectivity index (χ0v) is 21.9. The molecule has 0 bridgehead atoms. The first-order chi connectivity index (χ1) is 16.0. The van der Waals surface area contributed by atoms with Crippen molar-refractivity contribution in [3.05, 3.63) is 76.9 Å². The van der Waals surface area contributed by atoms with E-state index in [9.17, 15) is 31.0 Å². The third kappa shape index (κ3) is 4.91. The summed E-state index contributed by atoms with van der Waals surface area (Å²) in [6.07, 6.45) is 0. The number of aliphatic hydroxyl groups excluding tert-OH is 1. The number of sulfone groups is 1. The summed E-state index contributed by atoms with van der Waals surface area (Å²) in [5.41, 5.74) is 4.59. The molecule has 0 aromatic heterocycles. The van der Waals surface area contributed by atoms with E-state index >= 15 is 0 Å². The van der Waals surface area contributed by atoms with Gasteiger partial charge in [-0.05, 0) is 24.3 Å². The molecule has 0 fully saturated rings. The number of hydrogen-bond donors (Lipinski definition) is 3. The van der Waals surface area contributed by atoms with Crippen molar-refractivity contribution in [3.8, 4) is 0 Å². The fraction of sp³-hybridized carbons (Fsp3) is 0.0909. The molecule has 0 saturated carbocycles. The molecule has 4 rings (SSSR count). The predicted molar refractivity (Wildman–Crippen MR) is 121 cm³/mol. The molecule has 10 nitrogen and oxygen atoms in total. The summed E-state index contributed by atoms with van der Waals surface area (Å²) in [6, 6.07) is 12.1. The second-order valence-corrected chi connectivity index (χ2v) is 10.9. The van der Waals surface area contributed by atoms with E-state index < -0.39 is 60.0 Å². The molecule has 0 radical (unpaired) electrons. The van der Waals surface area contributed by atoms with Gasteiger partial charge in [0.15, 0.2) is 21.4 Å². The van der Waals surface area contributed by atoms with Crippen LogP contribution in [0.4, 0.5) is 17.1 Å². The molecule has 4 N–H and O–H groups in total. The first-order valence-corrected chi connectivity index (χ1v) is 12.8. The van der Waals surface area contributed by atoms with Crippen LogP contribution in [0.3, 0.4) is 0 Å². The van der Waals surface area contributed by atoms with Gasteiger partial charge in [0.25, 0.3) is 0 Å². The van der Waals surface area contributed by atoms with Crippen LogP contribution in [0, 0.1) is 0 Å². The van der Waals surface area contributed by atoms with Gasteiger partial charge in [0.05, 0.1) is 44.7 Å². The Labute approximate surface area is 223 Å². The number of anilines is 3. The minimum Gasteiger partial charge on any atom is -0.744 e. The minimum atomic E-state index is -5.14. The molecule has 0 atom stereocenters. The number of carbonyl (C=O) groups excluding carboxylic acids is 2. The van der Waals surface area contributed by atoms with Gasteiger partial charge in [-0.2, -0.15) is 0 Å². The number of nitrogen functional groups attached to an aromatic ring is 1. The third-order valence-corrected chi connectivity index (χ3v) is 7.87. The summed E-state index contributed by atoms with van der Waals surface area (Å²) in [6.45, 7) is -0.591. The van der Waals surface area contributed by atoms with Gasteiger partial charge in [0.1, 0.15) is 10.1 Å². The Bertz CT molecular complexity index is 1580. The van der Waals surface area contributed by atoms with Crippen LogP contribution in [-0.4, -0.2) is 50.4 Å². The average Bonchev–Trinajstić information content (AvgIpc) is 2.77. The quantitative estimate of drug-likeness (QED) is 0.152. The monoisotopic (exact) mass is 524 g/mol. The van der Waals surface area contributed by atoms with Gasteiger partial charge in [-0.25, -0.2) is 16.8 Å². The van der Waals surface area contributed by atoms with Crippen molar-refractivity contribution in [1.29, 1.82) is 0 Å². The predicted octanol–water partition coefficient (Wildman–Crippen LogP) is -1.54. The van der Waals surface area contributed by atoms with Crippen molar-refractivity contribution in [2.24, 2.45) is 0 Å². The summed E-state index contributed by atoms with van der Waals surface area (Å²) >= 11 is 0. The van der Waals surface area contributed by atoms with Crippen molar-refractivity contribution in [1.82, 2.24) is 0 Å². The van der Waals surface area contributed by atoms with E-state index in [1.807, 2.05) is 0 Å². The first-order valence-electron chi connectivity index (χ1n) is 9.77. The van der Waals surface area contributed by atoms with E-state index in [4.69, 9.17) is 10.8 Å². The Morgan fingerprint density at radius 1 is 0.886 bits per heavy atom. The summed E-state index contributed by atoms with van der Waals surface area (Å²) in [7, 11) is -8.96. The van der Waals surface area contributed by atoms with Crippen molar-refractivity contribution in [3.63, 3.8) is 0 Å². The minimum absolute atomic E-state index is 0. The number of ketones is 2. The molecule has 0 heterocycles. The van der Waals surface area contributed by atoms with Gasteiger partial charge in [0.2, 0.25) is 0 Å². The number of rotatable bonds is 6. The number of fused-ring (bicyclic) bond motifs is 2. The fourth-order valence-corrected chi connectivity index (χ4v) is 5.46. The summed E-state index contributed by atoms with van der Waals surface area (Å²) in [4.78, 5) is 25.4. The van der Waals surface area contributed by atoms with Crippen LogP contribution in [0.5, 0.6) is 0 Å². The van der Waals surface area contributed by atoms with E-state index in [1.165, 1.54) is 42.5 Å². The molecule has 0 saturated heterocycles. The Kier molecular flexibility index (Phi) is 7.58. The zero-order valence-electron chi connectivity index (χ0n) is 18.3. The number of nitrogens with two attached hydrogens (primary N) is 1. The molecule has 1 aliphatic carbocycles. The smallest absolute Gasteiger partial charge is 0.744 e. The van der Waals surface area contributed by atoms with Crippen LogP contribution in [0.15, 0.2) is 64.4 Å². The maximum atomic E-state index is 13.3. The number of nitrogens with one attached hydrogen (secondary N) is 1. The summed E-state index contributed by atoms with van der Waals surface area (Å²) in [5, 5.41) is 11.8. The number of benzene rings is 3. The molecular weight excluding hydrogens is 507 g/mol. The van der Waals surface area contributed by atoms with Crippen molar-refractivity contribution in [2.75, 3.05) is 23.4 Å². The van der Waals surface area contributed by atoms with Gasteiger partial charge in [-0.3, -0.25) is 9.59 Å².